The zero-order valence-electron chi connectivity index (χ0n) is 15.1. The molecule has 0 amide bonds. The normalized spacial score (nSPS) is 21.2. The van der Waals surface area contributed by atoms with Gasteiger partial charge in [-0.3, -0.25) is 4.79 Å². The average Bonchev–Trinajstić information content (AvgIpc) is 3.45. The summed E-state index contributed by atoms with van der Waals surface area (Å²) in [5, 5.41) is -0.647. The van der Waals surface area contributed by atoms with Crippen molar-refractivity contribution in [2.45, 2.75) is 25.4 Å². The summed E-state index contributed by atoms with van der Waals surface area (Å²) in [6.07, 6.45) is 0. The molecule has 0 saturated carbocycles. The molecule has 0 N–H and O–H groups in total. The lowest BCUT2D eigenvalue weighted by atomic mass is 10.1. The first-order valence-electron chi connectivity index (χ1n) is 8.76. The van der Waals surface area contributed by atoms with Gasteiger partial charge in [-0.25, -0.2) is 8.42 Å². The maximum absolute atomic E-state index is 13.6. The van der Waals surface area contributed by atoms with E-state index >= 15 is 0 Å². The summed E-state index contributed by atoms with van der Waals surface area (Å²) in [6, 6.07) is 25.1. The third kappa shape index (κ3) is 3.41. The number of hydrogen-bond acceptors (Lipinski definition) is 5. The van der Waals surface area contributed by atoms with Gasteiger partial charge in [0.05, 0.1) is 4.90 Å². The Morgan fingerprint density at radius 3 is 2.07 bits per heavy atom. The number of sulfone groups is 1. The van der Waals surface area contributed by atoms with Gasteiger partial charge < -0.3 is 0 Å². The standard InChI is InChI=1S/C22H18O3S3/c1-16-12-14-19(15-13-16)28(24,25)22(26-18-10-6-3-7-11-18)21(27-22)20(23)17-8-4-2-5-9-17/h2-15,21H,1H3/t21-,22+/m1/s1. The molecule has 0 unspecified atom stereocenters. The molecular weight excluding hydrogens is 408 g/mol. The average molecular weight is 427 g/mol. The monoisotopic (exact) mass is 426 g/mol. The Morgan fingerprint density at radius 2 is 1.46 bits per heavy atom. The molecule has 1 aliphatic heterocycles. The van der Waals surface area contributed by atoms with Gasteiger partial charge in [-0.1, -0.05) is 78.0 Å². The zero-order chi connectivity index (χ0) is 19.8. The lowest BCUT2D eigenvalue weighted by Crippen LogP contribution is -2.27. The van der Waals surface area contributed by atoms with E-state index in [1.807, 2.05) is 43.3 Å². The second-order valence-electron chi connectivity index (χ2n) is 6.56. The van der Waals surface area contributed by atoms with E-state index in [2.05, 4.69) is 0 Å². The van der Waals surface area contributed by atoms with Crippen molar-refractivity contribution in [2.24, 2.45) is 0 Å². The maximum atomic E-state index is 13.6. The van der Waals surface area contributed by atoms with Crippen molar-refractivity contribution in [3.05, 3.63) is 96.1 Å². The molecule has 28 heavy (non-hydrogen) atoms. The van der Waals surface area contributed by atoms with Crippen molar-refractivity contribution in [1.29, 1.82) is 0 Å². The van der Waals surface area contributed by atoms with Crippen LogP contribution >= 0.6 is 23.5 Å². The predicted octanol–water partition coefficient (Wildman–Crippen LogP) is 5.21. The molecule has 0 spiro atoms. The van der Waals surface area contributed by atoms with Gasteiger partial charge in [0, 0.05) is 10.5 Å². The Morgan fingerprint density at radius 1 is 0.893 bits per heavy atom. The summed E-state index contributed by atoms with van der Waals surface area (Å²) < 4.78 is 25.9. The highest BCUT2D eigenvalue weighted by Crippen LogP contribution is 2.68. The Bertz CT molecular complexity index is 1090. The topological polar surface area (TPSA) is 51.2 Å². The molecule has 1 fully saturated rings. The van der Waals surface area contributed by atoms with E-state index in [-0.39, 0.29) is 10.7 Å². The van der Waals surface area contributed by atoms with Gasteiger partial charge in [0.25, 0.3) is 0 Å². The Labute approximate surface area is 173 Å². The van der Waals surface area contributed by atoms with Crippen molar-refractivity contribution in [3.8, 4) is 0 Å². The molecule has 3 nitrogen and oxygen atoms in total. The molecule has 1 heterocycles. The van der Waals surface area contributed by atoms with Crippen molar-refractivity contribution < 1.29 is 13.2 Å². The summed E-state index contributed by atoms with van der Waals surface area (Å²) in [5.41, 5.74) is 1.53. The van der Waals surface area contributed by atoms with E-state index in [4.69, 9.17) is 0 Å². The quantitative estimate of drug-likeness (QED) is 0.400. The summed E-state index contributed by atoms with van der Waals surface area (Å²) in [5.74, 6) is -0.148. The first-order chi connectivity index (χ1) is 13.4. The minimum atomic E-state index is -3.74. The van der Waals surface area contributed by atoms with Crippen molar-refractivity contribution in [2.75, 3.05) is 0 Å². The van der Waals surface area contributed by atoms with E-state index in [1.54, 1.807) is 48.5 Å². The fourth-order valence-corrected chi connectivity index (χ4v) is 9.02. The van der Waals surface area contributed by atoms with Gasteiger partial charge in [-0.15, -0.1) is 11.8 Å². The molecule has 0 aromatic heterocycles. The number of carbonyl (C=O) groups excluding carboxylic acids is 1. The molecule has 6 heteroatoms. The number of hydrogen-bond donors (Lipinski definition) is 0. The van der Waals surface area contributed by atoms with Crippen molar-refractivity contribution in [3.63, 3.8) is 0 Å². The summed E-state index contributed by atoms with van der Waals surface area (Å²) >= 11 is 2.46. The fraction of sp³-hybridized carbons (Fsp3) is 0.136. The van der Waals surface area contributed by atoms with Crippen LogP contribution in [-0.4, -0.2) is 22.9 Å². The van der Waals surface area contributed by atoms with Crippen LogP contribution in [0.25, 0.3) is 0 Å². The van der Waals surface area contributed by atoms with Crippen LogP contribution in [-0.2, 0) is 9.84 Å². The van der Waals surface area contributed by atoms with Crippen molar-refractivity contribution in [1.82, 2.24) is 0 Å². The predicted molar refractivity (Wildman–Crippen MR) is 116 cm³/mol. The lowest BCUT2D eigenvalue weighted by Gasteiger charge is -2.16. The molecule has 0 radical (unpaired) electrons. The summed E-state index contributed by atoms with van der Waals surface area (Å²) in [4.78, 5) is 14.1. The number of aryl methyl sites for hydroxylation is 1. The molecule has 2 atom stereocenters. The van der Waals surface area contributed by atoms with Gasteiger partial charge in [-0.2, -0.15) is 0 Å². The van der Waals surface area contributed by atoms with E-state index in [9.17, 15) is 13.2 Å². The van der Waals surface area contributed by atoms with Gasteiger partial charge in [0.2, 0.25) is 9.84 Å². The van der Waals surface area contributed by atoms with Gasteiger partial charge >= 0.3 is 0 Å². The molecule has 0 bridgehead atoms. The fourth-order valence-electron chi connectivity index (χ4n) is 2.97. The summed E-state index contributed by atoms with van der Waals surface area (Å²) in [7, 11) is -3.74. The molecular formula is C22H18O3S3. The highest BCUT2D eigenvalue weighted by molar-refractivity contribution is 8.38. The molecule has 142 valence electrons. The summed E-state index contributed by atoms with van der Waals surface area (Å²) in [6.45, 7) is 1.92. The maximum Gasteiger partial charge on any atom is 0.204 e. The minimum Gasteiger partial charge on any atom is -0.293 e. The van der Waals surface area contributed by atoms with E-state index in [1.165, 1.54) is 23.5 Å². The van der Waals surface area contributed by atoms with Crippen LogP contribution in [0.5, 0.6) is 0 Å². The molecule has 3 aromatic carbocycles. The second kappa shape index (κ2) is 7.43. The second-order valence-corrected chi connectivity index (χ2v) is 12.1. The highest BCUT2D eigenvalue weighted by Gasteiger charge is 2.69. The largest absolute Gasteiger partial charge is 0.293 e. The van der Waals surface area contributed by atoms with Crippen LogP contribution in [0.2, 0.25) is 0 Å². The Balaban J connectivity index is 1.75. The molecule has 1 aliphatic rings. The van der Waals surface area contributed by atoms with Gasteiger partial charge in [-0.05, 0) is 31.2 Å². The third-order valence-electron chi connectivity index (χ3n) is 4.55. The van der Waals surface area contributed by atoms with Crippen molar-refractivity contribution >= 4 is 39.1 Å². The van der Waals surface area contributed by atoms with Gasteiger partial charge in [0.1, 0.15) is 5.25 Å². The molecule has 3 aromatic rings. The van der Waals surface area contributed by atoms with E-state index in [0.717, 1.165) is 10.5 Å². The Hall–Kier alpha value is -2.02. The highest BCUT2D eigenvalue weighted by atomic mass is 32.3. The first kappa shape index (κ1) is 19.3. The van der Waals surface area contributed by atoms with Crippen LogP contribution < -0.4 is 0 Å². The number of carbonyl (C=O) groups is 1. The van der Waals surface area contributed by atoms with Gasteiger partial charge in [0.15, 0.2) is 9.19 Å². The van der Waals surface area contributed by atoms with E-state index in [0.29, 0.717) is 5.56 Å². The smallest absolute Gasteiger partial charge is 0.204 e. The molecule has 4 rings (SSSR count). The number of ketones is 1. The van der Waals surface area contributed by atoms with Crippen LogP contribution in [0.3, 0.4) is 0 Å². The molecule has 0 aliphatic carbocycles. The minimum absolute atomic E-state index is 0.148. The van der Waals surface area contributed by atoms with Crippen LogP contribution in [0.4, 0.5) is 0 Å². The lowest BCUT2D eigenvalue weighted by molar-refractivity contribution is 0.0999. The Kier molecular flexibility index (Phi) is 5.12. The third-order valence-corrected chi connectivity index (χ3v) is 11.3. The van der Waals surface area contributed by atoms with E-state index < -0.39 is 18.5 Å². The first-order valence-corrected chi connectivity index (χ1v) is 11.9. The molecule has 1 saturated heterocycles. The SMILES string of the molecule is Cc1ccc(S(=O)(=O)[C@@]2(Sc3ccccc3)S[C@@H]2C(=O)c2ccccc2)cc1. The zero-order valence-corrected chi connectivity index (χ0v) is 17.6. The number of rotatable bonds is 6. The number of thioether (sulfide) groups is 2. The number of Topliss-reactive ketones (excluding diaryl/α,β-unsaturated/α-hetero) is 1. The van der Waals surface area contributed by atoms with Crippen LogP contribution in [0.15, 0.2) is 94.7 Å². The number of benzene rings is 3. The van der Waals surface area contributed by atoms with Crippen LogP contribution in [0.1, 0.15) is 15.9 Å². The van der Waals surface area contributed by atoms with Crippen LogP contribution in [0, 0.1) is 6.92 Å².